The Morgan fingerprint density at radius 1 is 1.09 bits per heavy atom. The van der Waals surface area contributed by atoms with E-state index in [0.717, 1.165) is 17.7 Å². The summed E-state index contributed by atoms with van der Waals surface area (Å²) in [5.41, 5.74) is 2.35. The summed E-state index contributed by atoms with van der Waals surface area (Å²) < 4.78 is 0. The first-order valence-electron chi connectivity index (χ1n) is 7.28. The molecule has 2 aromatic carbocycles. The molecule has 0 radical (unpaired) electrons. The van der Waals surface area contributed by atoms with Crippen molar-refractivity contribution < 1.29 is 9.90 Å². The van der Waals surface area contributed by atoms with Crippen molar-refractivity contribution in [3.05, 3.63) is 69.2 Å². The number of carboxylic acid groups (broad SMARTS) is 1. The zero-order chi connectivity index (χ0) is 17.0. The minimum Gasteiger partial charge on any atom is -0.478 e. The number of aromatic carboxylic acids is 1. The SMILES string of the molecule is CC(C)(CNCc1ccc(C(=O)O)cc1)c1ccc(Cl)c(Cl)c1. The largest absolute Gasteiger partial charge is 0.478 e. The molecule has 5 heteroatoms. The summed E-state index contributed by atoms with van der Waals surface area (Å²) in [4.78, 5) is 10.8. The van der Waals surface area contributed by atoms with Crippen LogP contribution < -0.4 is 5.32 Å². The number of rotatable bonds is 6. The molecule has 0 atom stereocenters. The van der Waals surface area contributed by atoms with Crippen molar-refractivity contribution in [3.63, 3.8) is 0 Å². The predicted molar refractivity (Wildman–Crippen MR) is 94.6 cm³/mol. The molecule has 3 nitrogen and oxygen atoms in total. The Labute approximate surface area is 146 Å². The van der Waals surface area contributed by atoms with Crippen molar-refractivity contribution >= 4 is 29.2 Å². The Hall–Kier alpha value is -1.55. The van der Waals surface area contributed by atoms with Crippen LogP contribution in [0, 0.1) is 0 Å². The molecular weight excluding hydrogens is 333 g/mol. The lowest BCUT2D eigenvalue weighted by atomic mass is 9.84. The second kappa shape index (κ2) is 7.35. The summed E-state index contributed by atoms with van der Waals surface area (Å²) in [6.45, 7) is 5.69. The fourth-order valence-corrected chi connectivity index (χ4v) is 2.60. The van der Waals surface area contributed by atoms with Crippen molar-refractivity contribution in [2.45, 2.75) is 25.8 Å². The van der Waals surface area contributed by atoms with E-state index < -0.39 is 5.97 Å². The van der Waals surface area contributed by atoms with Crippen LogP contribution in [0.25, 0.3) is 0 Å². The Morgan fingerprint density at radius 2 is 1.74 bits per heavy atom. The fourth-order valence-electron chi connectivity index (χ4n) is 2.30. The second-order valence-electron chi connectivity index (χ2n) is 6.12. The molecule has 0 unspecified atom stereocenters. The van der Waals surface area contributed by atoms with E-state index in [2.05, 4.69) is 19.2 Å². The highest BCUT2D eigenvalue weighted by Gasteiger charge is 2.21. The van der Waals surface area contributed by atoms with Gasteiger partial charge < -0.3 is 10.4 Å². The second-order valence-corrected chi connectivity index (χ2v) is 6.93. The van der Waals surface area contributed by atoms with Gasteiger partial charge in [-0.1, -0.05) is 55.2 Å². The van der Waals surface area contributed by atoms with E-state index in [1.54, 1.807) is 12.1 Å². The Balaban J connectivity index is 1.96. The first-order valence-corrected chi connectivity index (χ1v) is 8.04. The van der Waals surface area contributed by atoms with Gasteiger partial charge >= 0.3 is 5.97 Å². The zero-order valence-electron chi connectivity index (χ0n) is 13.1. The van der Waals surface area contributed by atoms with Crippen LogP contribution in [-0.4, -0.2) is 17.6 Å². The van der Waals surface area contributed by atoms with Crippen molar-refractivity contribution in [1.82, 2.24) is 5.32 Å². The lowest BCUT2D eigenvalue weighted by molar-refractivity contribution is 0.0697. The molecule has 2 aromatic rings. The predicted octanol–water partition coefficient (Wildman–Crippen LogP) is 4.76. The van der Waals surface area contributed by atoms with E-state index in [-0.39, 0.29) is 5.41 Å². The minimum absolute atomic E-state index is 0.102. The lowest BCUT2D eigenvalue weighted by Gasteiger charge is -2.26. The average molecular weight is 352 g/mol. The maximum atomic E-state index is 10.8. The van der Waals surface area contributed by atoms with Gasteiger partial charge in [0, 0.05) is 18.5 Å². The van der Waals surface area contributed by atoms with Gasteiger partial charge in [-0.3, -0.25) is 0 Å². The molecule has 0 bridgehead atoms. The van der Waals surface area contributed by atoms with Crippen molar-refractivity contribution in [3.8, 4) is 0 Å². The van der Waals surface area contributed by atoms with Crippen LogP contribution >= 0.6 is 23.2 Å². The molecule has 0 saturated heterocycles. The first kappa shape index (κ1) is 17.8. The van der Waals surface area contributed by atoms with Crippen LogP contribution in [0.4, 0.5) is 0 Å². The topological polar surface area (TPSA) is 49.3 Å². The smallest absolute Gasteiger partial charge is 0.335 e. The molecule has 0 spiro atoms. The number of carboxylic acids is 1. The van der Waals surface area contributed by atoms with Gasteiger partial charge in [0.05, 0.1) is 15.6 Å². The summed E-state index contributed by atoms with van der Waals surface area (Å²) in [7, 11) is 0. The van der Waals surface area contributed by atoms with Crippen LogP contribution in [0.5, 0.6) is 0 Å². The number of benzene rings is 2. The zero-order valence-corrected chi connectivity index (χ0v) is 14.6. The Morgan fingerprint density at radius 3 is 2.30 bits per heavy atom. The fraction of sp³-hybridized carbons (Fsp3) is 0.278. The van der Waals surface area contributed by atoms with E-state index in [1.165, 1.54) is 0 Å². The van der Waals surface area contributed by atoms with Crippen molar-refractivity contribution in [2.75, 3.05) is 6.54 Å². The van der Waals surface area contributed by atoms with E-state index in [9.17, 15) is 4.79 Å². The molecule has 0 fully saturated rings. The monoisotopic (exact) mass is 351 g/mol. The molecule has 0 saturated carbocycles. The number of carbonyl (C=O) groups is 1. The van der Waals surface area contributed by atoms with Gasteiger partial charge in [0.2, 0.25) is 0 Å². The van der Waals surface area contributed by atoms with Crippen molar-refractivity contribution in [1.29, 1.82) is 0 Å². The Bertz CT molecular complexity index is 697. The molecule has 0 aliphatic carbocycles. The molecule has 0 aliphatic heterocycles. The summed E-state index contributed by atoms with van der Waals surface area (Å²) >= 11 is 12.1. The molecule has 0 heterocycles. The van der Waals surface area contributed by atoms with Gasteiger partial charge in [-0.15, -0.1) is 0 Å². The number of halogens is 2. The highest BCUT2D eigenvalue weighted by atomic mass is 35.5. The molecule has 2 rings (SSSR count). The minimum atomic E-state index is -0.912. The van der Waals surface area contributed by atoms with Gasteiger partial charge in [-0.05, 0) is 35.4 Å². The standard InChI is InChI=1S/C18H19Cl2NO2/c1-18(2,14-7-8-15(19)16(20)9-14)11-21-10-12-3-5-13(6-4-12)17(22)23/h3-9,21H,10-11H2,1-2H3,(H,22,23). The van der Waals surface area contributed by atoms with E-state index in [0.29, 0.717) is 22.2 Å². The number of hydrogen-bond donors (Lipinski definition) is 2. The normalized spacial score (nSPS) is 11.5. The highest BCUT2D eigenvalue weighted by molar-refractivity contribution is 6.42. The molecule has 23 heavy (non-hydrogen) atoms. The lowest BCUT2D eigenvalue weighted by Crippen LogP contribution is -2.32. The molecular formula is C18H19Cl2NO2. The van der Waals surface area contributed by atoms with Crippen LogP contribution in [0.2, 0.25) is 10.0 Å². The summed E-state index contributed by atoms with van der Waals surface area (Å²) in [5, 5.41) is 13.4. The van der Waals surface area contributed by atoms with Crippen LogP contribution in [-0.2, 0) is 12.0 Å². The van der Waals surface area contributed by atoms with Gasteiger partial charge in [-0.2, -0.15) is 0 Å². The average Bonchev–Trinajstić information content (AvgIpc) is 2.50. The third kappa shape index (κ3) is 4.71. The highest BCUT2D eigenvalue weighted by Crippen LogP contribution is 2.29. The first-order chi connectivity index (χ1) is 10.8. The van der Waals surface area contributed by atoms with Crippen molar-refractivity contribution in [2.24, 2.45) is 0 Å². The maximum absolute atomic E-state index is 10.8. The van der Waals surface area contributed by atoms with Crippen LogP contribution in [0.1, 0.15) is 35.3 Å². The molecule has 0 amide bonds. The third-order valence-electron chi connectivity index (χ3n) is 3.80. The van der Waals surface area contributed by atoms with Gasteiger partial charge in [0.15, 0.2) is 0 Å². The molecule has 0 aliphatic rings. The molecule has 0 aromatic heterocycles. The number of hydrogen-bond acceptors (Lipinski definition) is 2. The van der Waals surface area contributed by atoms with Crippen LogP contribution in [0.15, 0.2) is 42.5 Å². The Kier molecular flexibility index (Phi) is 5.69. The van der Waals surface area contributed by atoms with Crippen LogP contribution in [0.3, 0.4) is 0 Å². The molecule has 122 valence electrons. The summed E-state index contributed by atoms with van der Waals surface area (Å²) in [6, 6.07) is 12.6. The maximum Gasteiger partial charge on any atom is 0.335 e. The van der Waals surface area contributed by atoms with E-state index in [4.69, 9.17) is 28.3 Å². The van der Waals surface area contributed by atoms with Gasteiger partial charge in [-0.25, -0.2) is 4.79 Å². The van der Waals surface area contributed by atoms with E-state index in [1.807, 2.05) is 30.3 Å². The third-order valence-corrected chi connectivity index (χ3v) is 4.54. The summed E-state index contributed by atoms with van der Waals surface area (Å²) in [5.74, 6) is -0.912. The van der Waals surface area contributed by atoms with E-state index >= 15 is 0 Å². The quantitative estimate of drug-likeness (QED) is 0.788. The van der Waals surface area contributed by atoms with Gasteiger partial charge in [0.25, 0.3) is 0 Å². The van der Waals surface area contributed by atoms with Gasteiger partial charge in [0.1, 0.15) is 0 Å². The number of nitrogens with one attached hydrogen (secondary N) is 1. The molecule has 2 N–H and O–H groups in total. The summed E-state index contributed by atoms with van der Waals surface area (Å²) in [6.07, 6.45) is 0.